The molecule has 0 bridgehead atoms. The lowest BCUT2D eigenvalue weighted by molar-refractivity contribution is -0.00880. The third-order valence-corrected chi connectivity index (χ3v) is 9.95. The molecule has 2 aliphatic carbocycles. The summed E-state index contributed by atoms with van der Waals surface area (Å²) in [6.07, 6.45) is 2.24. The molecule has 6 heteroatoms. The van der Waals surface area contributed by atoms with Crippen LogP contribution < -0.4 is 9.47 Å². The summed E-state index contributed by atoms with van der Waals surface area (Å²) in [4.78, 5) is 0. The van der Waals surface area contributed by atoms with Gasteiger partial charge in [-0.3, -0.25) is 0 Å². The van der Waals surface area contributed by atoms with Gasteiger partial charge in [0.1, 0.15) is 34.9 Å². The van der Waals surface area contributed by atoms with E-state index in [1.54, 1.807) is 6.07 Å². The van der Waals surface area contributed by atoms with Crippen molar-refractivity contribution in [3.05, 3.63) is 75.3 Å². The molecule has 6 nitrogen and oxygen atoms in total. The van der Waals surface area contributed by atoms with Gasteiger partial charge in [0.15, 0.2) is 0 Å². The highest BCUT2D eigenvalue weighted by Crippen LogP contribution is 2.72. The van der Waals surface area contributed by atoms with Gasteiger partial charge in [-0.15, -0.1) is 0 Å². The van der Waals surface area contributed by atoms with E-state index in [1.165, 1.54) is 0 Å². The van der Waals surface area contributed by atoms with E-state index in [0.29, 0.717) is 19.0 Å². The average Bonchev–Trinajstić information content (AvgIpc) is 3.63. The van der Waals surface area contributed by atoms with Crippen LogP contribution in [0.1, 0.15) is 97.1 Å². The Balaban J connectivity index is 1.18. The fraction of sp³-hybridized carbons (Fsp3) is 0.455. The predicted molar refractivity (Wildman–Crippen MR) is 145 cm³/mol. The van der Waals surface area contributed by atoms with Crippen LogP contribution in [0, 0.1) is 12.3 Å². The Hall–Kier alpha value is -3.38. The second kappa shape index (κ2) is 7.22. The van der Waals surface area contributed by atoms with Gasteiger partial charge in [-0.2, -0.15) is 0 Å². The smallest absolute Gasteiger partial charge is 0.134 e. The van der Waals surface area contributed by atoms with E-state index < -0.39 is 0 Å². The summed E-state index contributed by atoms with van der Waals surface area (Å²) in [6.45, 7) is 9.41. The molecule has 2 fully saturated rings. The number of ether oxygens (including phenoxy) is 3. The Morgan fingerprint density at radius 1 is 0.949 bits per heavy atom. The summed E-state index contributed by atoms with van der Waals surface area (Å²) in [7, 11) is 0. The van der Waals surface area contributed by atoms with Crippen molar-refractivity contribution in [2.24, 2.45) is 5.41 Å². The first-order chi connectivity index (χ1) is 18.5. The molecule has 3 aromatic rings. The molecule has 3 N–H and O–H groups in total. The number of aryl methyl sites for hydroxylation is 1. The highest BCUT2D eigenvalue weighted by molar-refractivity contribution is 5.68. The van der Waals surface area contributed by atoms with E-state index in [9.17, 15) is 15.3 Å². The van der Waals surface area contributed by atoms with Crippen LogP contribution in [0.15, 0.2) is 36.4 Å². The van der Waals surface area contributed by atoms with Crippen LogP contribution in [0.3, 0.4) is 0 Å². The Morgan fingerprint density at radius 3 is 2.49 bits per heavy atom. The fourth-order valence-electron chi connectivity index (χ4n) is 7.89. The molecule has 0 saturated heterocycles. The Morgan fingerprint density at radius 2 is 1.74 bits per heavy atom. The molecule has 8 rings (SSSR count). The summed E-state index contributed by atoms with van der Waals surface area (Å²) >= 11 is 0. The number of aromatic hydroxyl groups is 3. The van der Waals surface area contributed by atoms with Gasteiger partial charge >= 0.3 is 0 Å². The summed E-state index contributed by atoms with van der Waals surface area (Å²) in [5.41, 5.74) is 5.80. The van der Waals surface area contributed by atoms with Crippen LogP contribution in [-0.2, 0) is 22.2 Å². The average molecular weight is 527 g/mol. The normalized spacial score (nSPS) is 28.7. The Labute approximate surface area is 228 Å². The van der Waals surface area contributed by atoms with E-state index >= 15 is 0 Å². The zero-order valence-electron chi connectivity index (χ0n) is 22.8. The molecule has 5 aliphatic rings. The molecular formula is C33H34O6. The molecule has 4 unspecified atom stereocenters. The molecule has 0 aromatic heterocycles. The summed E-state index contributed by atoms with van der Waals surface area (Å²) < 4.78 is 18.8. The Bertz CT molecular complexity index is 1580. The maximum absolute atomic E-state index is 11.8. The summed E-state index contributed by atoms with van der Waals surface area (Å²) in [6, 6.07) is 11.5. The van der Waals surface area contributed by atoms with Crippen LogP contribution in [0.2, 0.25) is 0 Å². The van der Waals surface area contributed by atoms with Gasteiger partial charge in [0, 0.05) is 33.4 Å². The molecule has 0 amide bonds. The fourth-order valence-corrected chi connectivity index (χ4v) is 7.89. The second-order valence-corrected chi connectivity index (χ2v) is 13.5. The van der Waals surface area contributed by atoms with E-state index in [2.05, 4.69) is 32.9 Å². The first kappa shape index (κ1) is 23.5. The highest BCUT2D eigenvalue weighted by Gasteiger charge is 2.65. The summed E-state index contributed by atoms with van der Waals surface area (Å²) in [5, 5.41) is 33.6. The zero-order valence-corrected chi connectivity index (χ0v) is 22.8. The predicted octanol–water partition coefficient (Wildman–Crippen LogP) is 6.71. The molecule has 4 atom stereocenters. The standard InChI is InChI=1S/C33H34O6/c1-16-10-19(20-13-33(20)15-38-23-7-5-6-21(34)25(23)33)27(36)26-28(16)39-29(32(26)8-9-32)17-11-18-14-37-30(31(2,3)4)24(18)22(35)12-17/h5-7,10-12,20,29-30,34-36H,8-9,13-15H2,1-4H3. The maximum Gasteiger partial charge on any atom is 0.134 e. The van der Waals surface area contributed by atoms with Crippen LogP contribution in [-0.4, -0.2) is 21.9 Å². The van der Waals surface area contributed by atoms with Crippen LogP contribution in [0.25, 0.3) is 0 Å². The van der Waals surface area contributed by atoms with Gasteiger partial charge in [-0.1, -0.05) is 26.8 Å². The number of phenols is 3. The van der Waals surface area contributed by atoms with E-state index in [0.717, 1.165) is 69.7 Å². The van der Waals surface area contributed by atoms with E-state index in [-0.39, 0.29) is 45.9 Å². The summed E-state index contributed by atoms with van der Waals surface area (Å²) in [5.74, 6) is 2.43. The van der Waals surface area contributed by atoms with Gasteiger partial charge in [0.2, 0.25) is 0 Å². The number of benzene rings is 3. The minimum Gasteiger partial charge on any atom is -0.508 e. The largest absolute Gasteiger partial charge is 0.508 e. The molecule has 3 aromatic carbocycles. The maximum atomic E-state index is 11.8. The molecular weight excluding hydrogens is 492 g/mol. The molecule has 3 heterocycles. The van der Waals surface area contributed by atoms with Crippen molar-refractivity contribution >= 4 is 0 Å². The number of rotatable bonds is 2. The first-order valence-electron chi connectivity index (χ1n) is 14.0. The minimum absolute atomic E-state index is 0.0708. The molecule has 0 radical (unpaired) electrons. The van der Waals surface area contributed by atoms with Gasteiger partial charge in [0.05, 0.1) is 19.3 Å². The lowest BCUT2D eigenvalue weighted by atomic mass is 9.81. The van der Waals surface area contributed by atoms with Crippen molar-refractivity contribution in [3.63, 3.8) is 0 Å². The van der Waals surface area contributed by atoms with Crippen molar-refractivity contribution < 1.29 is 29.5 Å². The van der Waals surface area contributed by atoms with Crippen LogP contribution >= 0.6 is 0 Å². The third-order valence-electron chi connectivity index (χ3n) is 9.95. The van der Waals surface area contributed by atoms with Crippen molar-refractivity contribution in [1.82, 2.24) is 0 Å². The van der Waals surface area contributed by atoms with Crippen molar-refractivity contribution in [2.45, 2.75) is 82.5 Å². The van der Waals surface area contributed by atoms with Gasteiger partial charge < -0.3 is 29.5 Å². The topological polar surface area (TPSA) is 88.4 Å². The number of hydrogen-bond acceptors (Lipinski definition) is 6. The quantitative estimate of drug-likeness (QED) is 0.344. The molecule has 2 spiro atoms. The van der Waals surface area contributed by atoms with Gasteiger partial charge in [0.25, 0.3) is 0 Å². The zero-order chi connectivity index (χ0) is 27.1. The highest BCUT2D eigenvalue weighted by atomic mass is 16.5. The first-order valence-corrected chi connectivity index (χ1v) is 14.0. The number of fused-ring (bicyclic) bond motifs is 5. The number of phenolic OH excluding ortho intramolecular Hbond substituents is 3. The van der Waals surface area contributed by atoms with Crippen molar-refractivity contribution in [1.29, 1.82) is 0 Å². The van der Waals surface area contributed by atoms with Gasteiger partial charge in [-0.05, 0) is 84.2 Å². The lowest BCUT2D eigenvalue weighted by Gasteiger charge is -2.27. The SMILES string of the molecule is Cc1cc(C2CC23COc2cccc(O)c23)c(O)c2c1OC(c1cc(O)c3c(c1)COC3C(C)(C)C)C21CC1. The number of hydrogen-bond donors (Lipinski definition) is 3. The van der Waals surface area contributed by atoms with Crippen LogP contribution in [0.4, 0.5) is 0 Å². The van der Waals surface area contributed by atoms with Crippen molar-refractivity contribution in [2.75, 3.05) is 6.61 Å². The monoisotopic (exact) mass is 526 g/mol. The lowest BCUT2D eigenvalue weighted by Crippen LogP contribution is -2.18. The third kappa shape index (κ3) is 2.96. The van der Waals surface area contributed by atoms with Crippen LogP contribution in [0.5, 0.6) is 28.7 Å². The molecule has 39 heavy (non-hydrogen) atoms. The molecule has 2 saturated carbocycles. The second-order valence-electron chi connectivity index (χ2n) is 13.5. The Kier molecular flexibility index (Phi) is 4.35. The molecule has 3 aliphatic heterocycles. The van der Waals surface area contributed by atoms with Crippen molar-refractivity contribution in [3.8, 4) is 28.7 Å². The molecule has 202 valence electrons. The van der Waals surface area contributed by atoms with E-state index in [4.69, 9.17) is 14.2 Å². The van der Waals surface area contributed by atoms with E-state index in [1.807, 2.05) is 25.1 Å². The minimum atomic E-state index is -0.308. The van der Waals surface area contributed by atoms with Gasteiger partial charge in [-0.25, -0.2) is 0 Å².